The number of hydrogen-bond acceptors (Lipinski definition) is 5. The van der Waals surface area contributed by atoms with Crippen molar-refractivity contribution in [2.24, 2.45) is 5.92 Å². The highest BCUT2D eigenvalue weighted by atomic mass is 28.4. The Kier molecular flexibility index (Phi) is 8.46. The van der Waals surface area contributed by atoms with Gasteiger partial charge in [-0.25, -0.2) is 4.68 Å². The van der Waals surface area contributed by atoms with Crippen molar-refractivity contribution in [1.29, 1.82) is 0 Å². The van der Waals surface area contributed by atoms with E-state index in [0.29, 0.717) is 13.2 Å². The maximum absolute atomic E-state index is 13.0. The van der Waals surface area contributed by atoms with Crippen molar-refractivity contribution in [3.05, 3.63) is 58.1 Å². The lowest BCUT2D eigenvalue weighted by molar-refractivity contribution is -0.147. The summed E-state index contributed by atoms with van der Waals surface area (Å²) in [6, 6.07) is 10.7. The van der Waals surface area contributed by atoms with Gasteiger partial charge in [-0.15, -0.1) is 5.10 Å². The molecule has 2 atom stereocenters. The fourth-order valence-corrected chi connectivity index (χ4v) is 5.37. The number of benzene rings is 2. The Morgan fingerprint density at radius 3 is 2.42 bits per heavy atom. The summed E-state index contributed by atoms with van der Waals surface area (Å²) in [6.07, 6.45) is 0. The fraction of sp³-hybridized carbons (Fsp3) is 0.552. The summed E-state index contributed by atoms with van der Waals surface area (Å²) >= 11 is 0. The van der Waals surface area contributed by atoms with Gasteiger partial charge in [0, 0.05) is 12.5 Å². The zero-order valence-electron chi connectivity index (χ0n) is 23.7. The summed E-state index contributed by atoms with van der Waals surface area (Å²) in [7, 11) is -1.90. The van der Waals surface area contributed by atoms with Gasteiger partial charge in [0.05, 0.1) is 24.6 Å². The fourth-order valence-electron chi connectivity index (χ4n) is 4.42. The van der Waals surface area contributed by atoms with Crippen LogP contribution in [0.2, 0.25) is 18.1 Å². The van der Waals surface area contributed by atoms with Crippen molar-refractivity contribution in [2.75, 3.05) is 6.61 Å². The summed E-state index contributed by atoms with van der Waals surface area (Å²) in [4.78, 5) is 13.0. The average Bonchev–Trinajstić information content (AvgIpc) is 3.24. The normalized spacial score (nSPS) is 14.2. The van der Waals surface area contributed by atoms with Crippen LogP contribution in [0, 0.1) is 19.8 Å². The first-order valence-electron chi connectivity index (χ1n) is 13.0. The van der Waals surface area contributed by atoms with E-state index >= 15 is 0 Å². The summed E-state index contributed by atoms with van der Waals surface area (Å²) in [5, 5.41) is 8.91. The van der Waals surface area contributed by atoms with Crippen LogP contribution in [0.4, 0.5) is 0 Å². The molecule has 7 heteroatoms. The number of rotatable bonds is 9. The third kappa shape index (κ3) is 5.57. The lowest BCUT2D eigenvalue weighted by atomic mass is 9.79. The highest BCUT2D eigenvalue weighted by Crippen LogP contribution is 2.39. The molecule has 2 aromatic carbocycles. The first-order chi connectivity index (χ1) is 16.8. The van der Waals surface area contributed by atoms with Crippen molar-refractivity contribution in [3.8, 4) is 0 Å². The average molecular weight is 510 g/mol. The van der Waals surface area contributed by atoms with Crippen molar-refractivity contribution in [2.45, 2.75) is 92.6 Å². The maximum atomic E-state index is 13.0. The van der Waals surface area contributed by atoms with Gasteiger partial charge in [0.1, 0.15) is 5.52 Å². The van der Waals surface area contributed by atoms with Crippen LogP contribution < -0.4 is 0 Å². The van der Waals surface area contributed by atoms with E-state index in [4.69, 9.17) is 9.16 Å². The molecule has 0 aliphatic heterocycles. The minimum absolute atomic E-state index is 0.141. The zero-order chi connectivity index (χ0) is 26.8. The Morgan fingerprint density at radius 2 is 1.81 bits per heavy atom. The van der Waals surface area contributed by atoms with Crippen molar-refractivity contribution in [3.63, 3.8) is 0 Å². The Morgan fingerprint density at radius 1 is 1.11 bits per heavy atom. The van der Waals surface area contributed by atoms with Crippen LogP contribution in [-0.4, -0.2) is 35.9 Å². The van der Waals surface area contributed by atoms with Gasteiger partial charge in [-0.05, 0) is 79.7 Å². The summed E-state index contributed by atoms with van der Waals surface area (Å²) < 4.78 is 13.9. The first kappa shape index (κ1) is 28.1. The Balaban J connectivity index is 2.10. The van der Waals surface area contributed by atoms with Gasteiger partial charge in [0.15, 0.2) is 8.32 Å². The largest absolute Gasteiger partial charge is 0.466 e. The second kappa shape index (κ2) is 10.8. The highest BCUT2D eigenvalue weighted by Gasteiger charge is 2.37. The molecule has 6 nitrogen and oxygen atoms in total. The van der Waals surface area contributed by atoms with Crippen LogP contribution in [-0.2, 0) is 27.1 Å². The molecule has 3 aromatic rings. The second-order valence-electron chi connectivity index (χ2n) is 11.3. The number of ether oxygens (including phenoxy) is 1. The lowest BCUT2D eigenvalue weighted by Crippen LogP contribution is -2.40. The number of aryl methyl sites for hydroxylation is 3. The molecule has 0 N–H and O–H groups in total. The van der Waals surface area contributed by atoms with Crippen molar-refractivity contribution in [1.82, 2.24) is 15.0 Å². The van der Waals surface area contributed by atoms with E-state index in [9.17, 15) is 4.79 Å². The molecule has 0 bridgehead atoms. The van der Waals surface area contributed by atoms with Crippen LogP contribution in [0.3, 0.4) is 0 Å². The number of nitrogens with zero attached hydrogens (tertiary/aromatic N) is 3. The summed E-state index contributed by atoms with van der Waals surface area (Å²) in [5.74, 6) is -0.731. The molecular formula is C29H43N3O3Si. The molecule has 0 radical (unpaired) electrons. The van der Waals surface area contributed by atoms with Gasteiger partial charge in [0.25, 0.3) is 0 Å². The molecule has 36 heavy (non-hydrogen) atoms. The molecule has 0 aliphatic rings. The molecule has 0 saturated carbocycles. The quantitative estimate of drug-likeness (QED) is 0.231. The minimum atomic E-state index is -1.90. The maximum Gasteiger partial charge on any atom is 0.309 e. The molecule has 0 spiro atoms. The molecule has 0 saturated heterocycles. The predicted molar refractivity (Wildman–Crippen MR) is 149 cm³/mol. The van der Waals surface area contributed by atoms with E-state index in [1.54, 1.807) is 0 Å². The molecule has 0 aliphatic carbocycles. The molecular weight excluding hydrogens is 466 g/mol. The van der Waals surface area contributed by atoms with E-state index < -0.39 is 8.32 Å². The van der Waals surface area contributed by atoms with Crippen LogP contribution >= 0.6 is 0 Å². The third-order valence-corrected chi connectivity index (χ3v) is 12.4. The topological polar surface area (TPSA) is 66.2 Å². The van der Waals surface area contributed by atoms with Gasteiger partial charge in [-0.3, -0.25) is 4.79 Å². The molecule has 196 valence electrons. The van der Waals surface area contributed by atoms with Crippen molar-refractivity contribution >= 4 is 25.3 Å². The molecule has 3 rings (SSSR count). The van der Waals surface area contributed by atoms with Gasteiger partial charge in [-0.1, -0.05) is 57.2 Å². The Hall–Kier alpha value is -2.51. The van der Waals surface area contributed by atoms with E-state index in [1.165, 1.54) is 5.56 Å². The molecule has 1 heterocycles. The van der Waals surface area contributed by atoms with Crippen LogP contribution in [0.15, 0.2) is 30.3 Å². The van der Waals surface area contributed by atoms with Gasteiger partial charge in [-0.2, -0.15) is 0 Å². The van der Waals surface area contributed by atoms with Gasteiger partial charge >= 0.3 is 5.97 Å². The number of fused-ring (bicyclic) bond motifs is 1. The smallest absolute Gasteiger partial charge is 0.309 e. The predicted octanol–water partition coefficient (Wildman–Crippen LogP) is 6.92. The number of aromatic nitrogens is 3. The zero-order valence-corrected chi connectivity index (χ0v) is 24.7. The number of hydrogen-bond donors (Lipinski definition) is 0. The van der Waals surface area contributed by atoms with E-state index in [2.05, 4.69) is 95.3 Å². The molecule has 1 aromatic heterocycles. The van der Waals surface area contributed by atoms with E-state index in [0.717, 1.165) is 39.8 Å². The van der Waals surface area contributed by atoms with Crippen LogP contribution in [0.1, 0.15) is 75.3 Å². The second-order valence-corrected chi connectivity index (χ2v) is 16.1. The monoisotopic (exact) mass is 509 g/mol. The number of esters is 1. The number of carbonyl (C=O) groups is 1. The Bertz CT molecular complexity index is 1230. The standard InChI is InChI=1S/C29H43N3O3Si/c1-11-32-25-16-15-24(20(4)27(25)30-31-32)26(21(5)28(33)34-12-2)22-14-13-19(3)23(17-22)18-35-36(9,10)29(6,7)8/h13-17,21,26H,11-12,18H2,1-10H3/t21?,26-/m1/s1. The van der Waals surface area contributed by atoms with E-state index in [1.807, 2.05) is 18.5 Å². The van der Waals surface area contributed by atoms with Gasteiger partial charge in [0.2, 0.25) is 0 Å². The summed E-state index contributed by atoms with van der Waals surface area (Å²) in [5.41, 5.74) is 7.45. The summed E-state index contributed by atoms with van der Waals surface area (Å²) in [6.45, 7) is 23.1. The molecule has 1 unspecified atom stereocenters. The Labute approximate surface area is 217 Å². The van der Waals surface area contributed by atoms with Crippen LogP contribution in [0.5, 0.6) is 0 Å². The highest BCUT2D eigenvalue weighted by molar-refractivity contribution is 6.74. The van der Waals surface area contributed by atoms with Gasteiger partial charge < -0.3 is 9.16 Å². The minimum Gasteiger partial charge on any atom is -0.466 e. The van der Waals surface area contributed by atoms with Crippen molar-refractivity contribution < 1.29 is 14.0 Å². The third-order valence-electron chi connectivity index (χ3n) is 7.90. The van der Waals surface area contributed by atoms with Crippen LogP contribution in [0.25, 0.3) is 11.0 Å². The first-order valence-corrected chi connectivity index (χ1v) is 16.0. The molecule has 0 amide bonds. The van der Waals surface area contributed by atoms with E-state index in [-0.39, 0.29) is 22.8 Å². The SMILES string of the molecule is CCOC(=O)C(C)[C@H](c1ccc(C)c(CO[Si](C)(C)C(C)(C)C)c1)c1ccc2c(nnn2CC)c1C. The molecule has 0 fully saturated rings. The number of carbonyl (C=O) groups excluding carboxylic acids is 1. The lowest BCUT2D eigenvalue weighted by Gasteiger charge is -2.36.